The van der Waals surface area contributed by atoms with Crippen LogP contribution in [0.2, 0.25) is 0 Å². The van der Waals surface area contributed by atoms with Gasteiger partial charge in [0.05, 0.1) is 12.4 Å². The summed E-state index contributed by atoms with van der Waals surface area (Å²) in [6.45, 7) is 8.15. The molecular weight excluding hydrogens is 288 g/mol. The van der Waals surface area contributed by atoms with Crippen LogP contribution >= 0.6 is 0 Å². The molecule has 0 aliphatic rings. The van der Waals surface area contributed by atoms with Crippen molar-refractivity contribution in [3.05, 3.63) is 35.4 Å². The first-order valence-corrected chi connectivity index (χ1v) is 8.94. The second kappa shape index (κ2) is 9.15. The average Bonchev–Trinajstić information content (AvgIpc) is 2.42. The van der Waals surface area contributed by atoms with Gasteiger partial charge in [0.25, 0.3) is 0 Å². The molecule has 0 unspecified atom stereocenters. The van der Waals surface area contributed by atoms with Crippen molar-refractivity contribution in [1.82, 2.24) is 10.0 Å². The highest BCUT2D eigenvalue weighted by molar-refractivity contribution is 7.88. The van der Waals surface area contributed by atoms with Gasteiger partial charge in [0.2, 0.25) is 10.0 Å². The summed E-state index contributed by atoms with van der Waals surface area (Å²) in [7, 11) is -3.30. The molecule has 1 aromatic rings. The van der Waals surface area contributed by atoms with Gasteiger partial charge in [0.15, 0.2) is 0 Å². The van der Waals surface area contributed by atoms with Crippen LogP contribution in [0.15, 0.2) is 24.3 Å². The van der Waals surface area contributed by atoms with Gasteiger partial charge in [-0.2, -0.15) is 0 Å². The zero-order chi connectivity index (χ0) is 15.7. The van der Waals surface area contributed by atoms with Crippen molar-refractivity contribution in [3.8, 4) is 0 Å². The lowest BCUT2D eigenvalue weighted by molar-refractivity contribution is 0.153. The SMILES string of the molecule is CCOCCNS(=O)(=O)Cc1ccc(CNC(C)C)cc1. The largest absolute Gasteiger partial charge is 0.380 e. The second-order valence-corrected chi connectivity index (χ2v) is 7.01. The van der Waals surface area contributed by atoms with Crippen LogP contribution < -0.4 is 10.0 Å². The summed E-state index contributed by atoms with van der Waals surface area (Å²) < 4.78 is 31.4. The number of ether oxygens (including phenoxy) is 1. The molecule has 0 spiro atoms. The highest BCUT2D eigenvalue weighted by atomic mass is 32.2. The molecule has 5 nitrogen and oxygen atoms in total. The third-order valence-corrected chi connectivity index (χ3v) is 4.22. The Morgan fingerprint density at radius 1 is 1.14 bits per heavy atom. The lowest BCUT2D eigenvalue weighted by Gasteiger charge is -2.09. The maximum atomic E-state index is 11.9. The Morgan fingerprint density at radius 2 is 1.76 bits per heavy atom. The molecule has 1 aromatic carbocycles. The lowest BCUT2D eigenvalue weighted by atomic mass is 10.1. The predicted molar refractivity (Wildman–Crippen MR) is 85.5 cm³/mol. The van der Waals surface area contributed by atoms with Gasteiger partial charge in [-0.15, -0.1) is 0 Å². The summed E-state index contributed by atoms with van der Waals surface area (Å²) in [6.07, 6.45) is 0. The van der Waals surface area contributed by atoms with E-state index >= 15 is 0 Å². The molecule has 0 saturated carbocycles. The Labute approximate surface area is 128 Å². The van der Waals surface area contributed by atoms with Gasteiger partial charge in [-0.1, -0.05) is 38.1 Å². The summed E-state index contributed by atoms with van der Waals surface area (Å²) in [4.78, 5) is 0. The van der Waals surface area contributed by atoms with Crippen molar-refractivity contribution >= 4 is 10.0 Å². The molecule has 0 aliphatic carbocycles. The van der Waals surface area contributed by atoms with Crippen molar-refractivity contribution in [2.75, 3.05) is 19.8 Å². The molecule has 0 saturated heterocycles. The summed E-state index contributed by atoms with van der Waals surface area (Å²) in [6, 6.07) is 8.07. The molecule has 6 heteroatoms. The minimum Gasteiger partial charge on any atom is -0.380 e. The van der Waals surface area contributed by atoms with Crippen LogP contribution in [-0.2, 0) is 27.1 Å². The average molecular weight is 314 g/mol. The fraction of sp³-hybridized carbons (Fsp3) is 0.600. The van der Waals surface area contributed by atoms with Crippen LogP contribution in [-0.4, -0.2) is 34.2 Å². The van der Waals surface area contributed by atoms with Crippen LogP contribution in [0.1, 0.15) is 31.9 Å². The molecule has 2 N–H and O–H groups in total. The second-order valence-electron chi connectivity index (χ2n) is 5.20. The first-order valence-electron chi connectivity index (χ1n) is 7.29. The topological polar surface area (TPSA) is 67.4 Å². The number of rotatable bonds is 10. The smallest absolute Gasteiger partial charge is 0.215 e. The van der Waals surface area contributed by atoms with E-state index in [1.54, 1.807) is 0 Å². The molecule has 21 heavy (non-hydrogen) atoms. The first-order chi connectivity index (χ1) is 9.93. The normalized spacial score (nSPS) is 12.0. The monoisotopic (exact) mass is 314 g/mol. The zero-order valence-corrected chi connectivity index (χ0v) is 13.9. The maximum Gasteiger partial charge on any atom is 0.215 e. The van der Waals surface area contributed by atoms with Gasteiger partial charge in [0.1, 0.15) is 0 Å². The van der Waals surface area contributed by atoms with Gasteiger partial charge in [-0.05, 0) is 18.1 Å². The van der Waals surface area contributed by atoms with Crippen LogP contribution in [0.3, 0.4) is 0 Å². The third-order valence-electron chi connectivity index (χ3n) is 2.87. The summed E-state index contributed by atoms with van der Waals surface area (Å²) in [5, 5.41) is 3.32. The number of hydrogen-bond acceptors (Lipinski definition) is 4. The minimum atomic E-state index is -3.30. The molecule has 0 aliphatic heterocycles. The van der Waals surface area contributed by atoms with E-state index in [9.17, 15) is 8.42 Å². The Kier molecular flexibility index (Phi) is 7.88. The van der Waals surface area contributed by atoms with Gasteiger partial charge in [-0.3, -0.25) is 0 Å². The van der Waals surface area contributed by atoms with Crippen LogP contribution in [0, 0.1) is 0 Å². The molecule has 0 fully saturated rings. The Morgan fingerprint density at radius 3 is 2.33 bits per heavy atom. The van der Waals surface area contributed by atoms with Gasteiger partial charge in [0, 0.05) is 25.7 Å². The van der Waals surface area contributed by atoms with Crippen molar-refractivity contribution < 1.29 is 13.2 Å². The molecule has 0 radical (unpaired) electrons. The molecule has 1 rings (SSSR count). The van der Waals surface area contributed by atoms with E-state index < -0.39 is 10.0 Å². The number of sulfonamides is 1. The minimum absolute atomic E-state index is 0.00296. The quantitative estimate of drug-likeness (QED) is 0.644. The summed E-state index contributed by atoms with van der Waals surface area (Å²) in [5.74, 6) is -0.00296. The van der Waals surface area contributed by atoms with E-state index in [0.717, 1.165) is 17.7 Å². The van der Waals surface area contributed by atoms with Crippen molar-refractivity contribution in [3.63, 3.8) is 0 Å². The fourth-order valence-corrected chi connectivity index (χ4v) is 2.89. The van der Waals surface area contributed by atoms with Gasteiger partial charge < -0.3 is 10.1 Å². The molecule has 120 valence electrons. The number of benzene rings is 1. The van der Waals surface area contributed by atoms with Crippen molar-refractivity contribution in [1.29, 1.82) is 0 Å². The van der Waals surface area contributed by atoms with Crippen molar-refractivity contribution in [2.45, 2.75) is 39.1 Å². The molecule has 0 bridgehead atoms. The van der Waals surface area contributed by atoms with E-state index in [2.05, 4.69) is 23.9 Å². The molecule has 0 amide bonds. The van der Waals surface area contributed by atoms with E-state index in [1.807, 2.05) is 31.2 Å². The number of nitrogens with one attached hydrogen (secondary N) is 2. The Balaban J connectivity index is 2.46. The van der Waals surface area contributed by atoms with Crippen LogP contribution in [0.25, 0.3) is 0 Å². The highest BCUT2D eigenvalue weighted by Crippen LogP contribution is 2.08. The van der Waals surface area contributed by atoms with Gasteiger partial charge in [-0.25, -0.2) is 13.1 Å². The molecule has 0 atom stereocenters. The third kappa shape index (κ3) is 8.16. The first kappa shape index (κ1) is 18.1. The number of hydrogen-bond donors (Lipinski definition) is 2. The lowest BCUT2D eigenvalue weighted by Crippen LogP contribution is -2.28. The molecule has 0 heterocycles. The van der Waals surface area contributed by atoms with Gasteiger partial charge >= 0.3 is 0 Å². The summed E-state index contributed by atoms with van der Waals surface area (Å²) in [5.41, 5.74) is 1.93. The zero-order valence-electron chi connectivity index (χ0n) is 13.1. The van der Waals surface area contributed by atoms with E-state index in [-0.39, 0.29) is 5.75 Å². The Bertz CT molecular complexity index is 498. The van der Waals surface area contributed by atoms with Crippen molar-refractivity contribution in [2.24, 2.45) is 0 Å². The van der Waals surface area contributed by atoms with Crippen LogP contribution in [0.5, 0.6) is 0 Å². The fourth-order valence-electron chi connectivity index (χ4n) is 1.76. The standard InChI is InChI=1S/C15H26N2O3S/c1-4-20-10-9-17-21(18,19)12-15-7-5-14(6-8-15)11-16-13(2)3/h5-8,13,16-17H,4,9-12H2,1-3H3. The van der Waals surface area contributed by atoms with E-state index in [1.165, 1.54) is 0 Å². The Hall–Kier alpha value is -0.950. The summed E-state index contributed by atoms with van der Waals surface area (Å²) >= 11 is 0. The van der Waals surface area contributed by atoms with E-state index in [4.69, 9.17) is 4.74 Å². The molecule has 0 aromatic heterocycles. The van der Waals surface area contributed by atoms with Crippen LogP contribution in [0.4, 0.5) is 0 Å². The molecular formula is C15H26N2O3S. The predicted octanol–water partition coefficient (Wildman–Crippen LogP) is 1.64. The van der Waals surface area contributed by atoms with E-state index in [0.29, 0.717) is 25.8 Å². The highest BCUT2D eigenvalue weighted by Gasteiger charge is 2.10. The maximum absolute atomic E-state index is 11.9.